The summed E-state index contributed by atoms with van der Waals surface area (Å²) in [7, 11) is 0. The van der Waals surface area contributed by atoms with Gasteiger partial charge in [-0.05, 0) is 65.5 Å². The number of nitrogens with zero attached hydrogens (tertiary/aromatic N) is 3. The van der Waals surface area contributed by atoms with E-state index in [1.807, 2.05) is 18.7 Å². The van der Waals surface area contributed by atoms with Crippen LogP contribution in [-0.4, -0.2) is 65.1 Å². The standard InChI is InChI=1S/C19H29N3O2S/c1-14-17(25-15(2)20-14)18(23)22-10-6-19(7-11-22)13-16(5-12-24-19)21-8-3-4-9-21/h16H,3-13H2,1-2H3. The summed E-state index contributed by atoms with van der Waals surface area (Å²) in [5.41, 5.74) is 0.872. The Hall–Kier alpha value is -0.980. The highest BCUT2D eigenvalue weighted by Gasteiger charge is 2.43. The average molecular weight is 364 g/mol. The summed E-state index contributed by atoms with van der Waals surface area (Å²) in [6.45, 7) is 8.91. The van der Waals surface area contributed by atoms with Gasteiger partial charge in [-0.2, -0.15) is 0 Å². The van der Waals surface area contributed by atoms with Crippen LogP contribution in [0.5, 0.6) is 0 Å². The van der Waals surface area contributed by atoms with Crippen LogP contribution < -0.4 is 0 Å². The number of amides is 1. The van der Waals surface area contributed by atoms with Gasteiger partial charge in [0, 0.05) is 25.7 Å². The molecule has 0 aliphatic carbocycles. The normalized spacial score (nSPS) is 27.1. The average Bonchev–Trinajstić information content (AvgIpc) is 3.25. The van der Waals surface area contributed by atoms with Gasteiger partial charge in [-0.3, -0.25) is 4.79 Å². The number of aromatic nitrogens is 1. The van der Waals surface area contributed by atoms with E-state index in [1.54, 1.807) is 0 Å². The zero-order chi connectivity index (χ0) is 17.4. The molecule has 4 rings (SSSR count). The van der Waals surface area contributed by atoms with E-state index in [1.165, 1.54) is 43.7 Å². The van der Waals surface area contributed by atoms with Crippen molar-refractivity contribution in [2.45, 2.75) is 64.0 Å². The fourth-order valence-corrected chi connectivity index (χ4v) is 5.65. The van der Waals surface area contributed by atoms with Crippen molar-refractivity contribution in [1.29, 1.82) is 0 Å². The summed E-state index contributed by atoms with van der Waals surface area (Å²) in [4.78, 5) is 22.7. The zero-order valence-electron chi connectivity index (χ0n) is 15.4. The summed E-state index contributed by atoms with van der Waals surface area (Å²) in [5, 5.41) is 0.971. The molecule has 25 heavy (non-hydrogen) atoms. The van der Waals surface area contributed by atoms with Gasteiger partial charge in [0.1, 0.15) is 4.88 Å². The number of rotatable bonds is 2. The van der Waals surface area contributed by atoms with E-state index in [4.69, 9.17) is 4.74 Å². The molecular formula is C19H29N3O2S. The molecule has 0 saturated carbocycles. The molecule has 3 saturated heterocycles. The van der Waals surface area contributed by atoms with Crippen molar-refractivity contribution in [2.75, 3.05) is 32.8 Å². The second kappa shape index (κ2) is 6.97. The number of likely N-dealkylation sites (tertiary alicyclic amines) is 2. The van der Waals surface area contributed by atoms with E-state index in [9.17, 15) is 4.79 Å². The molecule has 1 amide bonds. The third-order valence-corrected chi connectivity index (χ3v) is 7.24. The maximum atomic E-state index is 12.8. The topological polar surface area (TPSA) is 45.7 Å². The third kappa shape index (κ3) is 3.49. The minimum atomic E-state index is 0.000940. The van der Waals surface area contributed by atoms with Crippen molar-refractivity contribution in [2.24, 2.45) is 0 Å². The minimum Gasteiger partial charge on any atom is -0.375 e. The van der Waals surface area contributed by atoms with Crippen molar-refractivity contribution < 1.29 is 9.53 Å². The van der Waals surface area contributed by atoms with Crippen LogP contribution in [0.3, 0.4) is 0 Å². The molecule has 4 heterocycles. The van der Waals surface area contributed by atoms with E-state index in [0.717, 1.165) is 54.5 Å². The van der Waals surface area contributed by atoms with E-state index in [2.05, 4.69) is 9.88 Å². The maximum absolute atomic E-state index is 12.8. The number of hydrogen-bond donors (Lipinski definition) is 0. The smallest absolute Gasteiger partial charge is 0.265 e. The molecule has 3 aliphatic rings. The molecule has 0 aromatic carbocycles. The second-order valence-corrected chi connectivity index (χ2v) is 9.06. The van der Waals surface area contributed by atoms with Gasteiger partial charge in [-0.15, -0.1) is 11.3 Å². The fraction of sp³-hybridized carbons (Fsp3) is 0.789. The van der Waals surface area contributed by atoms with Gasteiger partial charge in [0.15, 0.2) is 0 Å². The number of hydrogen-bond acceptors (Lipinski definition) is 5. The molecule has 1 spiro atoms. The lowest BCUT2D eigenvalue weighted by Crippen LogP contribution is -2.54. The first-order chi connectivity index (χ1) is 12.1. The van der Waals surface area contributed by atoms with Gasteiger partial charge >= 0.3 is 0 Å². The summed E-state index contributed by atoms with van der Waals surface area (Å²) >= 11 is 1.52. The largest absolute Gasteiger partial charge is 0.375 e. The Bertz CT molecular complexity index is 631. The summed E-state index contributed by atoms with van der Waals surface area (Å²) in [6, 6.07) is 0.685. The summed E-state index contributed by atoms with van der Waals surface area (Å²) in [5.74, 6) is 0.157. The molecule has 3 aliphatic heterocycles. The quantitative estimate of drug-likeness (QED) is 0.810. The predicted octanol–water partition coefficient (Wildman–Crippen LogP) is 3.01. The van der Waals surface area contributed by atoms with Gasteiger partial charge in [0.25, 0.3) is 5.91 Å². The predicted molar refractivity (Wildman–Crippen MR) is 99.2 cm³/mol. The molecule has 1 atom stereocenters. The highest BCUT2D eigenvalue weighted by Crippen LogP contribution is 2.38. The van der Waals surface area contributed by atoms with E-state index >= 15 is 0 Å². The minimum absolute atomic E-state index is 0.000940. The molecule has 3 fully saturated rings. The van der Waals surface area contributed by atoms with Crippen LogP contribution in [-0.2, 0) is 4.74 Å². The Kier molecular flexibility index (Phi) is 4.86. The molecule has 1 aromatic rings. The van der Waals surface area contributed by atoms with Crippen LogP contribution in [0.25, 0.3) is 0 Å². The lowest BCUT2D eigenvalue weighted by Gasteiger charge is -2.48. The van der Waals surface area contributed by atoms with Gasteiger partial charge in [0.2, 0.25) is 0 Å². The molecule has 5 nitrogen and oxygen atoms in total. The molecule has 0 bridgehead atoms. The zero-order valence-corrected chi connectivity index (χ0v) is 16.2. The number of aryl methyl sites for hydroxylation is 2. The van der Waals surface area contributed by atoms with Gasteiger partial charge in [-0.1, -0.05) is 0 Å². The Morgan fingerprint density at radius 1 is 1.20 bits per heavy atom. The van der Waals surface area contributed by atoms with Crippen LogP contribution in [0.15, 0.2) is 0 Å². The Labute approximate surface area is 154 Å². The van der Waals surface area contributed by atoms with Crippen LogP contribution in [0.4, 0.5) is 0 Å². The van der Waals surface area contributed by atoms with Gasteiger partial charge in [0.05, 0.1) is 16.3 Å². The first-order valence-corrected chi connectivity index (χ1v) is 10.5. The third-order valence-electron chi connectivity index (χ3n) is 6.18. The SMILES string of the molecule is Cc1nc(C)c(C(=O)N2CCC3(CC2)CC(N2CCCC2)CCO3)s1. The first kappa shape index (κ1) is 17.4. The molecule has 1 unspecified atom stereocenters. The second-order valence-electron chi connectivity index (χ2n) is 7.86. The highest BCUT2D eigenvalue weighted by atomic mass is 32.1. The van der Waals surface area contributed by atoms with Crippen molar-refractivity contribution in [3.05, 3.63) is 15.6 Å². The van der Waals surface area contributed by atoms with Crippen LogP contribution in [0.2, 0.25) is 0 Å². The van der Waals surface area contributed by atoms with E-state index < -0.39 is 0 Å². The molecule has 6 heteroatoms. The lowest BCUT2D eigenvalue weighted by atomic mass is 9.82. The lowest BCUT2D eigenvalue weighted by molar-refractivity contribution is -0.128. The summed E-state index contributed by atoms with van der Waals surface area (Å²) in [6.07, 6.45) is 6.96. The van der Waals surface area contributed by atoms with E-state index in [0.29, 0.717) is 6.04 Å². The van der Waals surface area contributed by atoms with Crippen molar-refractivity contribution in [3.63, 3.8) is 0 Å². The van der Waals surface area contributed by atoms with Crippen molar-refractivity contribution >= 4 is 17.2 Å². The molecule has 138 valence electrons. The van der Waals surface area contributed by atoms with E-state index in [-0.39, 0.29) is 11.5 Å². The van der Waals surface area contributed by atoms with Crippen molar-refractivity contribution in [1.82, 2.24) is 14.8 Å². The Morgan fingerprint density at radius 2 is 1.92 bits per heavy atom. The number of piperidine rings is 1. The number of thiazole rings is 1. The monoisotopic (exact) mass is 363 g/mol. The van der Waals surface area contributed by atoms with Crippen LogP contribution in [0.1, 0.15) is 58.9 Å². The number of carbonyl (C=O) groups is 1. The van der Waals surface area contributed by atoms with Crippen LogP contribution >= 0.6 is 11.3 Å². The van der Waals surface area contributed by atoms with Crippen molar-refractivity contribution in [3.8, 4) is 0 Å². The summed E-state index contributed by atoms with van der Waals surface area (Å²) < 4.78 is 6.28. The molecule has 0 radical (unpaired) electrons. The molecule has 0 N–H and O–H groups in total. The Morgan fingerprint density at radius 3 is 2.56 bits per heavy atom. The molecule has 1 aromatic heterocycles. The Balaban J connectivity index is 1.38. The first-order valence-electron chi connectivity index (χ1n) is 9.68. The maximum Gasteiger partial charge on any atom is 0.265 e. The highest BCUT2D eigenvalue weighted by molar-refractivity contribution is 7.13. The molecular weight excluding hydrogens is 334 g/mol. The van der Waals surface area contributed by atoms with Gasteiger partial charge in [-0.25, -0.2) is 4.98 Å². The van der Waals surface area contributed by atoms with Gasteiger partial charge < -0.3 is 14.5 Å². The van der Waals surface area contributed by atoms with Crippen LogP contribution in [0, 0.1) is 13.8 Å². The number of carbonyl (C=O) groups excluding carboxylic acids is 1. The fourth-order valence-electron chi connectivity index (χ4n) is 4.76. The number of ether oxygens (including phenoxy) is 1.